The lowest BCUT2D eigenvalue weighted by molar-refractivity contribution is -0.895. The zero-order valence-electron chi connectivity index (χ0n) is 17.1. The summed E-state index contributed by atoms with van der Waals surface area (Å²) in [6.07, 6.45) is 0. The summed E-state index contributed by atoms with van der Waals surface area (Å²) in [6, 6.07) is 4.96. The number of nitrogens with one attached hydrogen (secondary N) is 2. The van der Waals surface area contributed by atoms with Crippen molar-refractivity contribution in [3.8, 4) is 0 Å². The average molecular weight is 412 g/mol. The molecule has 156 valence electrons. The Labute approximate surface area is 167 Å². The van der Waals surface area contributed by atoms with Crippen molar-refractivity contribution in [1.82, 2.24) is 9.21 Å². The molecule has 2 N–H and O–H groups in total. The van der Waals surface area contributed by atoms with Crippen LogP contribution in [0.3, 0.4) is 0 Å². The number of aryl methyl sites for hydroxylation is 1. The van der Waals surface area contributed by atoms with Crippen LogP contribution in [0, 0.1) is 6.92 Å². The first kappa shape index (κ1) is 22.3. The van der Waals surface area contributed by atoms with Gasteiger partial charge in [-0.1, -0.05) is 19.9 Å². The third kappa shape index (κ3) is 5.30. The van der Waals surface area contributed by atoms with E-state index < -0.39 is 10.0 Å². The van der Waals surface area contributed by atoms with E-state index in [4.69, 9.17) is 0 Å². The highest BCUT2D eigenvalue weighted by Crippen LogP contribution is 2.23. The molecule has 0 radical (unpaired) electrons. The van der Waals surface area contributed by atoms with Crippen LogP contribution in [-0.4, -0.2) is 75.3 Å². The van der Waals surface area contributed by atoms with Gasteiger partial charge in [-0.3, -0.25) is 9.59 Å². The molecule has 2 rings (SSSR count). The Bertz CT molecular complexity index is 813. The zero-order valence-corrected chi connectivity index (χ0v) is 17.9. The summed E-state index contributed by atoms with van der Waals surface area (Å²) in [7, 11) is -3.59. The number of carbonyl (C=O) groups is 2. The molecule has 0 atom stereocenters. The van der Waals surface area contributed by atoms with Crippen LogP contribution in [0.5, 0.6) is 0 Å². The largest absolute Gasteiger partial charge is 0.332 e. The molecule has 0 spiro atoms. The number of quaternary nitrogens is 1. The second kappa shape index (κ2) is 9.49. The molecule has 1 fully saturated rings. The van der Waals surface area contributed by atoms with Crippen molar-refractivity contribution in [3.63, 3.8) is 0 Å². The second-order valence-electron chi connectivity index (χ2n) is 7.05. The number of rotatable bonds is 7. The Hall–Kier alpha value is -1.97. The highest BCUT2D eigenvalue weighted by Gasteiger charge is 2.25. The fraction of sp³-hybridized carbons (Fsp3) is 0.579. The van der Waals surface area contributed by atoms with Gasteiger partial charge in [0.05, 0.1) is 31.1 Å². The zero-order chi connectivity index (χ0) is 20.9. The molecule has 28 heavy (non-hydrogen) atoms. The van der Waals surface area contributed by atoms with Gasteiger partial charge in [0.1, 0.15) is 0 Å². The van der Waals surface area contributed by atoms with Crippen LogP contribution in [0.2, 0.25) is 0 Å². The summed E-state index contributed by atoms with van der Waals surface area (Å²) in [5.41, 5.74) is 1.12. The van der Waals surface area contributed by atoms with Crippen molar-refractivity contribution in [1.29, 1.82) is 0 Å². The van der Waals surface area contributed by atoms with E-state index in [-0.39, 0.29) is 23.3 Å². The minimum Gasteiger partial charge on any atom is -0.332 e. The number of hydrogen-bond donors (Lipinski definition) is 2. The lowest BCUT2D eigenvalue weighted by atomic mass is 10.2. The van der Waals surface area contributed by atoms with Gasteiger partial charge >= 0.3 is 0 Å². The van der Waals surface area contributed by atoms with Gasteiger partial charge in [-0.25, -0.2) is 8.42 Å². The summed E-state index contributed by atoms with van der Waals surface area (Å²) in [5, 5.41) is 2.81. The predicted molar refractivity (Wildman–Crippen MR) is 108 cm³/mol. The van der Waals surface area contributed by atoms with E-state index in [1.807, 2.05) is 0 Å². The lowest BCUT2D eigenvalue weighted by Gasteiger charge is -2.31. The Morgan fingerprint density at radius 3 is 2.32 bits per heavy atom. The van der Waals surface area contributed by atoms with Crippen LogP contribution >= 0.6 is 0 Å². The summed E-state index contributed by atoms with van der Waals surface area (Å²) in [6.45, 7) is 10.7. The SMILES string of the molecule is CCN(CC)S(=O)(=O)c1cc(NC(=O)C[NH+]2CCN(C(C)=O)CC2)ccc1C. The highest BCUT2D eigenvalue weighted by molar-refractivity contribution is 7.89. The quantitative estimate of drug-likeness (QED) is 0.645. The van der Waals surface area contributed by atoms with E-state index in [2.05, 4.69) is 5.32 Å². The van der Waals surface area contributed by atoms with Gasteiger partial charge in [0, 0.05) is 25.7 Å². The maximum Gasteiger partial charge on any atom is 0.279 e. The molecule has 8 nitrogen and oxygen atoms in total. The van der Waals surface area contributed by atoms with Gasteiger partial charge in [-0.2, -0.15) is 4.31 Å². The number of anilines is 1. The van der Waals surface area contributed by atoms with E-state index in [0.717, 1.165) is 18.0 Å². The van der Waals surface area contributed by atoms with Crippen LogP contribution < -0.4 is 10.2 Å². The summed E-state index contributed by atoms with van der Waals surface area (Å²) < 4.78 is 27.1. The summed E-state index contributed by atoms with van der Waals surface area (Å²) >= 11 is 0. The molecule has 0 aliphatic carbocycles. The minimum absolute atomic E-state index is 0.0603. The lowest BCUT2D eigenvalue weighted by Crippen LogP contribution is -3.15. The minimum atomic E-state index is -3.59. The molecule has 0 unspecified atom stereocenters. The Kier molecular flexibility index (Phi) is 7.56. The van der Waals surface area contributed by atoms with Crippen molar-refractivity contribution in [3.05, 3.63) is 23.8 Å². The van der Waals surface area contributed by atoms with Gasteiger partial charge in [-0.05, 0) is 24.6 Å². The standard InChI is InChI=1S/C19H30N4O4S/c1-5-23(6-2)28(26,27)18-13-17(8-7-15(18)3)20-19(25)14-21-9-11-22(12-10-21)16(4)24/h7-8,13H,5-6,9-12,14H2,1-4H3,(H,20,25)/p+1. The normalized spacial score (nSPS) is 15.7. The molecule has 1 aliphatic heterocycles. The van der Waals surface area contributed by atoms with Crippen LogP contribution in [0.25, 0.3) is 0 Å². The number of benzene rings is 1. The third-order valence-electron chi connectivity index (χ3n) is 5.12. The van der Waals surface area contributed by atoms with Crippen molar-refractivity contribution in [2.24, 2.45) is 0 Å². The molecule has 9 heteroatoms. The molecule has 1 aromatic carbocycles. The van der Waals surface area contributed by atoms with Gasteiger partial charge in [0.15, 0.2) is 6.54 Å². The Morgan fingerprint density at radius 2 is 1.79 bits per heavy atom. The summed E-state index contributed by atoms with van der Waals surface area (Å²) in [4.78, 5) is 26.9. The third-order valence-corrected chi connectivity index (χ3v) is 7.31. The number of hydrogen-bond acceptors (Lipinski definition) is 4. The molecular formula is C19H31N4O4S+. The maximum absolute atomic E-state index is 12.8. The van der Waals surface area contributed by atoms with Gasteiger partial charge in [0.2, 0.25) is 15.9 Å². The number of nitrogens with zero attached hydrogens (tertiary/aromatic N) is 2. The Morgan fingerprint density at radius 1 is 1.18 bits per heavy atom. The molecule has 1 aliphatic rings. The van der Waals surface area contributed by atoms with Crippen LogP contribution in [-0.2, 0) is 19.6 Å². The van der Waals surface area contributed by atoms with E-state index in [0.29, 0.717) is 37.4 Å². The van der Waals surface area contributed by atoms with E-state index in [1.54, 1.807) is 44.7 Å². The first-order valence-corrected chi connectivity index (χ1v) is 11.1. The van der Waals surface area contributed by atoms with Crippen LogP contribution in [0.15, 0.2) is 23.1 Å². The maximum atomic E-state index is 12.8. The van der Waals surface area contributed by atoms with E-state index in [1.165, 1.54) is 10.4 Å². The van der Waals surface area contributed by atoms with Crippen LogP contribution in [0.1, 0.15) is 26.3 Å². The average Bonchev–Trinajstić information content (AvgIpc) is 2.64. The van der Waals surface area contributed by atoms with Gasteiger partial charge in [-0.15, -0.1) is 0 Å². The fourth-order valence-electron chi connectivity index (χ4n) is 3.41. The molecular weight excluding hydrogens is 380 g/mol. The smallest absolute Gasteiger partial charge is 0.279 e. The number of amides is 2. The number of sulfonamides is 1. The first-order valence-electron chi connectivity index (χ1n) is 9.68. The van der Waals surface area contributed by atoms with Crippen molar-refractivity contribution in [2.75, 3.05) is 51.1 Å². The molecule has 0 aromatic heterocycles. The highest BCUT2D eigenvalue weighted by atomic mass is 32.2. The monoisotopic (exact) mass is 411 g/mol. The molecule has 1 saturated heterocycles. The van der Waals surface area contributed by atoms with Crippen molar-refractivity contribution >= 4 is 27.5 Å². The van der Waals surface area contributed by atoms with E-state index >= 15 is 0 Å². The van der Waals surface area contributed by atoms with Crippen LogP contribution in [0.4, 0.5) is 5.69 Å². The van der Waals surface area contributed by atoms with Crippen molar-refractivity contribution in [2.45, 2.75) is 32.6 Å². The molecule has 1 heterocycles. The molecule has 0 bridgehead atoms. The molecule has 1 aromatic rings. The number of carbonyl (C=O) groups excluding carboxylic acids is 2. The second-order valence-corrected chi connectivity index (χ2v) is 8.96. The number of piperazine rings is 1. The first-order chi connectivity index (χ1) is 13.2. The van der Waals surface area contributed by atoms with Gasteiger partial charge in [0.25, 0.3) is 5.91 Å². The predicted octanol–water partition coefficient (Wildman–Crippen LogP) is -0.289. The van der Waals surface area contributed by atoms with Crippen molar-refractivity contribution < 1.29 is 22.9 Å². The Balaban J connectivity index is 2.05. The fourth-order valence-corrected chi connectivity index (χ4v) is 5.11. The van der Waals surface area contributed by atoms with Gasteiger partial charge < -0.3 is 15.1 Å². The topological polar surface area (TPSA) is 91.2 Å². The molecule has 0 saturated carbocycles. The van der Waals surface area contributed by atoms with E-state index in [9.17, 15) is 18.0 Å². The summed E-state index contributed by atoms with van der Waals surface area (Å²) in [5.74, 6) is -0.105. The molecule has 2 amide bonds.